The first-order chi connectivity index (χ1) is 2.77. The molecule has 2 nitrogen and oxygen atoms in total. The third kappa shape index (κ3) is 4.32. The molecule has 0 aliphatic heterocycles. The van der Waals surface area contributed by atoms with Gasteiger partial charge in [0.1, 0.15) is 0 Å². The summed E-state index contributed by atoms with van der Waals surface area (Å²) >= 11 is -2.47. The van der Waals surface area contributed by atoms with E-state index in [1.165, 1.54) is 0 Å². The summed E-state index contributed by atoms with van der Waals surface area (Å²) in [4.78, 5) is 0. The summed E-state index contributed by atoms with van der Waals surface area (Å²) in [6.45, 7) is 1.90. The molecule has 0 saturated heterocycles. The van der Waals surface area contributed by atoms with Gasteiger partial charge in [0, 0.05) is 0 Å². The molecule has 0 aromatic heterocycles. The van der Waals surface area contributed by atoms with Crippen LogP contribution in [0.3, 0.4) is 0 Å². The molecule has 3 heteroatoms. The zero-order chi connectivity index (χ0) is 4.99. The third-order valence-electron chi connectivity index (χ3n) is 0.415. The van der Waals surface area contributed by atoms with E-state index < -0.39 is 14.9 Å². The Morgan fingerprint density at radius 1 is 1.83 bits per heavy atom. The Hall–Kier alpha value is 0.318. The minimum absolute atomic E-state index is 0.521. The van der Waals surface area contributed by atoms with E-state index in [4.69, 9.17) is 4.10 Å². The molecule has 0 aromatic rings. The van der Waals surface area contributed by atoms with Crippen molar-refractivity contribution in [3.05, 3.63) is 0 Å². The summed E-state index contributed by atoms with van der Waals surface area (Å²) in [5.74, 6) is 0. The quantitative estimate of drug-likeness (QED) is 0.576. The molecule has 6 heavy (non-hydrogen) atoms. The molecule has 0 fully saturated rings. The molecule has 1 radical (unpaired) electrons. The Labute approximate surface area is 42.0 Å². The molecule has 0 aromatic carbocycles. The number of hydrogen-bond acceptors (Lipinski definition) is 1. The van der Waals surface area contributed by atoms with E-state index in [0.29, 0.717) is 5.21 Å². The van der Waals surface area contributed by atoms with Crippen LogP contribution in [0.5, 0.6) is 0 Å². The fourth-order valence-corrected chi connectivity index (χ4v) is 0.994. The van der Waals surface area contributed by atoms with Crippen molar-refractivity contribution >= 4 is 14.9 Å². The van der Waals surface area contributed by atoms with Crippen molar-refractivity contribution < 1.29 is 7.84 Å². The third-order valence-corrected chi connectivity index (χ3v) is 2.16. The van der Waals surface area contributed by atoms with Gasteiger partial charge < -0.3 is 0 Å². The van der Waals surface area contributed by atoms with E-state index in [1.807, 2.05) is 6.92 Å². The van der Waals surface area contributed by atoms with Gasteiger partial charge in [-0.25, -0.2) is 0 Å². The fourth-order valence-electron chi connectivity index (χ4n) is 0.191. The topological polar surface area (TPSA) is 37.3 Å². The van der Waals surface area contributed by atoms with Gasteiger partial charge >= 0.3 is 41.3 Å². The van der Waals surface area contributed by atoms with Crippen LogP contribution < -0.4 is 0 Å². The van der Waals surface area contributed by atoms with Crippen molar-refractivity contribution in [3.63, 3.8) is 0 Å². The molecule has 0 saturated carbocycles. The predicted molar refractivity (Wildman–Crippen MR) is 23.8 cm³/mol. The first-order valence-electron chi connectivity index (χ1n) is 1.91. The van der Waals surface area contributed by atoms with E-state index in [1.54, 1.807) is 0 Å². The van der Waals surface area contributed by atoms with Crippen molar-refractivity contribution in [1.82, 2.24) is 0 Å². The second-order valence-corrected chi connectivity index (χ2v) is 3.49. The monoisotopic (exact) mass is 151 g/mol. The van der Waals surface area contributed by atoms with Crippen molar-refractivity contribution in [2.75, 3.05) is 0 Å². The Bertz CT molecular complexity index is 52.8. The molecule has 1 atom stereocenters. The van der Waals surface area contributed by atoms with Crippen LogP contribution in [0.4, 0.5) is 0 Å². The van der Waals surface area contributed by atoms with Crippen LogP contribution in [0.1, 0.15) is 13.3 Å². The summed E-state index contributed by atoms with van der Waals surface area (Å²) in [7, 11) is 0. The molecule has 0 bridgehead atoms. The molecular formula is C3H8AsO2. The van der Waals surface area contributed by atoms with Crippen molar-refractivity contribution in [3.8, 4) is 0 Å². The van der Waals surface area contributed by atoms with Crippen molar-refractivity contribution in [2.45, 2.75) is 18.6 Å². The second kappa shape index (κ2) is 3.51. The molecular weight excluding hydrogens is 143 g/mol. The van der Waals surface area contributed by atoms with E-state index in [9.17, 15) is 3.74 Å². The fraction of sp³-hybridized carbons (Fsp3) is 1.00. The van der Waals surface area contributed by atoms with Gasteiger partial charge in [-0.2, -0.15) is 0 Å². The van der Waals surface area contributed by atoms with Gasteiger partial charge in [0.2, 0.25) is 0 Å². The normalized spacial score (nSPS) is 11.3. The van der Waals surface area contributed by atoms with Gasteiger partial charge in [0.05, 0.1) is 0 Å². The number of rotatable bonds is 2. The molecule has 0 amide bonds. The Morgan fingerprint density at radius 2 is 2.33 bits per heavy atom. The molecule has 0 rings (SSSR count). The van der Waals surface area contributed by atoms with Gasteiger partial charge in [-0.1, -0.05) is 0 Å². The molecule has 1 N–H and O–H groups in total. The van der Waals surface area contributed by atoms with Crippen LogP contribution in [-0.4, -0.2) is 19.0 Å². The van der Waals surface area contributed by atoms with Gasteiger partial charge in [0.25, 0.3) is 0 Å². The van der Waals surface area contributed by atoms with Crippen LogP contribution >= 0.6 is 0 Å². The van der Waals surface area contributed by atoms with Crippen LogP contribution in [0.2, 0.25) is 5.21 Å². The van der Waals surface area contributed by atoms with E-state index in [0.717, 1.165) is 6.42 Å². The number of hydrogen-bond donors (Lipinski definition) is 1. The molecule has 0 heterocycles. The van der Waals surface area contributed by atoms with Crippen LogP contribution in [0, 0.1) is 0 Å². The maximum absolute atomic E-state index is 9.83. The zero-order valence-corrected chi connectivity index (χ0v) is 5.59. The Balaban J connectivity index is 2.83. The summed E-state index contributed by atoms with van der Waals surface area (Å²) in [5, 5.41) is 0.521. The van der Waals surface area contributed by atoms with Crippen LogP contribution in [-0.2, 0) is 3.74 Å². The summed E-state index contributed by atoms with van der Waals surface area (Å²) < 4.78 is 18.0. The second-order valence-electron chi connectivity index (χ2n) is 1.08. The van der Waals surface area contributed by atoms with Gasteiger partial charge in [-0.15, -0.1) is 0 Å². The average molecular weight is 151 g/mol. The molecule has 1 unspecified atom stereocenters. The SMILES string of the molecule is CCC[As](=O)O. The molecule has 37 valence electrons. The van der Waals surface area contributed by atoms with E-state index in [-0.39, 0.29) is 0 Å². The zero-order valence-electron chi connectivity index (χ0n) is 3.72. The van der Waals surface area contributed by atoms with Crippen LogP contribution in [0.15, 0.2) is 0 Å². The standard InChI is InChI=1S/C3H8AsO2/c1-2-3-4(5)6/h2-3H2,1H3,(H,5,6). The summed E-state index contributed by atoms with van der Waals surface area (Å²) in [5.41, 5.74) is 0. The molecule has 0 aliphatic rings. The summed E-state index contributed by atoms with van der Waals surface area (Å²) in [6, 6.07) is 0. The van der Waals surface area contributed by atoms with E-state index in [2.05, 4.69) is 0 Å². The minimum atomic E-state index is -2.47. The average Bonchev–Trinajstić information content (AvgIpc) is 1.35. The van der Waals surface area contributed by atoms with Gasteiger partial charge in [-0.3, -0.25) is 0 Å². The van der Waals surface area contributed by atoms with Crippen molar-refractivity contribution in [1.29, 1.82) is 0 Å². The maximum atomic E-state index is 9.83. The first kappa shape index (κ1) is 6.32. The molecule has 0 aliphatic carbocycles. The van der Waals surface area contributed by atoms with Gasteiger partial charge in [0.15, 0.2) is 0 Å². The van der Waals surface area contributed by atoms with Crippen LogP contribution in [0.25, 0.3) is 0 Å². The van der Waals surface area contributed by atoms with E-state index >= 15 is 0 Å². The van der Waals surface area contributed by atoms with Crippen molar-refractivity contribution in [2.24, 2.45) is 0 Å². The first-order valence-corrected chi connectivity index (χ1v) is 4.84. The van der Waals surface area contributed by atoms with Gasteiger partial charge in [-0.05, 0) is 0 Å². The molecule has 0 spiro atoms. The summed E-state index contributed by atoms with van der Waals surface area (Å²) in [6.07, 6.45) is 0.833. The predicted octanol–water partition coefficient (Wildman–Crippen LogP) is 0.307. The Morgan fingerprint density at radius 3 is 2.33 bits per heavy atom. The Kier molecular flexibility index (Phi) is 3.69.